The Morgan fingerprint density at radius 3 is 1.64 bits per heavy atom. The summed E-state index contributed by atoms with van der Waals surface area (Å²) in [5.41, 5.74) is 13.2. The van der Waals surface area contributed by atoms with E-state index in [-0.39, 0.29) is 0 Å². The second-order valence-electron chi connectivity index (χ2n) is 15.2. The summed E-state index contributed by atoms with van der Waals surface area (Å²) in [5, 5.41) is 9.19. The number of benzene rings is 10. The van der Waals surface area contributed by atoms with Crippen molar-refractivity contribution in [3.05, 3.63) is 212 Å². The molecule has 0 spiro atoms. The summed E-state index contributed by atoms with van der Waals surface area (Å²) in [6, 6.07) is 75.4. The highest BCUT2D eigenvalue weighted by molar-refractivity contribution is 6.25. The van der Waals surface area contributed by atoms with E-state index in [9.17, 15) is 0 Å². The van der Waals surface area contributed by atoms with Gasteiger partial charge in [-0.15, -0.1) is 0 Å². The van der Waals surface area contributed by atoms with Crippen molar-refractivity contribution in [2.45, 2.75) is 0 Å². The summed E-state index contributed by atoms with van der Waals surface area (Å²) in [6.07, 6.45) is 0. The van der Waals surface area contributed by atoms with Crippen LogP contribution < -0.4 is 4.90 Å². The van der Waals surface area contributed by atoms with Crippen LogP contribution >= 0.6 is 0 Å². The zero-order valence-electron chi connectivity index (χ0n) is 32.0. The number of fused-ring (bicyclic) bond motifs is 10. The molecule has 0 saturated heterocycles. The van der Waals surface area contributed by atoms with Gasteiger partial charge in [0.2, 0.25) is 0 Å². The molecule has 276 valence electrons. The zero-order valence-corrected chi connectivity index (χ0v) is 32.0. The number of anilines is 3. The van der Waals surface area contributed by atoms with Crippen molar-refractivity contribution >= 4 is 82.5 Å². The standard InChI is InChI=1S/C56H35NO2/c1-3-15-36(16-4-1)39-21-13-22-43(33-39)57(50-35-41-20-8-10-24-45(41)52-47-25-11-12-28-51(47)58-56(50)52)42-31-29-38(30-32-42)46-26-14-27-48-53-44-23-9-7-19-40(44)34-49(55(53)59-54(46)48)37-17-5-2-6-18-37/h1-35H. The van der Waals surface area contributed by atoms with Crippen LogP contribution in [0.15, 0.2) is 221 Å². The molecule has 0 aliphatic carbocycles. The molecule has 0 atom stereocenters. The van der Waals surface area contributed by atoms with E-state index >= 15 is 0 Å². The highest BCUT2D eigenvalue weighted by atomic mass is 16.3. The Balaban J connectivity index is 1.07. The number of hydrogen-bond acceptors (Lipinski definition) is 3. The quantitative estimate of drug-likeness (QED) is 0.169. The lowest BCUT2D eigenvalue weighted by atomic mass is 9.95. The van der Waals surface area contributed by atoms with E-state index < -0.39 is 0 Å². The lowest BCUT2D eigenvalue weighted by Crippen LogP contribution is -2.10. The van der Waals surface area contributed by atoms with E-state index in [0.29, 0.717) is 0 Å². The first-order chi connectivity index (χ1) is 29.3. The van der Waals surface area contributed by atoms with E-state index in [2.05, 4.69) is 211 Å². The Morgan fingerprint density at radius 2 is 0.881 bits per heavy atom. The lowest BCUT2D eigenvalue weighted by molar-refractivity contribution is 0.669. The maximum Gasteiger partial charge on any atom is 0.160 e. The van der Waals surface area contributed by atoms with E-state index in [4.69, 9.17) is 8.83 Å². The Morgan fingerprint density at radius 1 is 0.305 bits per heavy atom. The predicted molar refractivity (Wildman–Crippen MR) is 247 cm³/mol. The van der Waals surface area contributed by atoms with Crippen LogP contribution in [0.5, 0.6) is 0 Å². The molecule has 0 aliphatic heterocycles. The van der Waals surface area contributed by atoms with E-state index in [1.54, 1.807) is 0 Å². The first-order valence-corrected chi connectivity index (χ1v) is 20.1. The highest BCUT2D eigenvalue weighted by Crippen LogP contribution is 2.47. The molecule has 0 aliphatic rings. The molecule has 10 aromatic carbocycles. The van der Waals surface area contributed by atoms with Gasteiger partial charge in [0.25, 0.3) is 0 Å². The van der Waals surface area contributed by atoms with Crippen LogP contribution in [0.1, 0.15) is 0 Å². The van der Waals surface area contributed by atoms with Crippen LogP contribution in [0, 0.1) is 0 Å². The minimum Gasteiger partial charge on any atom is -0.455 e. The number of para-hydroxylation sites is 2. The average molecular weight is 754 g/mol. The van der Waals surface area contributed by atoms with Gasteiger partial charge in [-0.05, 0) is 86.3 Å². The van der Waals surface area contributed by atoms with E-state index in [0.717, 1.165) is 94.1 Å². The van der Waals surface area contributed by atoms with Crippen LogP contribution in [0.2, 0.25) is 0 Å². The number of rotatable bonds is 6. The van der Waals surface area contributed by atoms with Gasteiger partial charge in [0.15, 0.2) is 5.58 Å². The fourth-order valence-electron chi connectivity index (χ4n) is 9.10. The second kappa shape index (κ2) is 13.4. The number of hydrogen-bond donors (Lipinski definition) is 0. The van der Waals surface area contributed by atoms with Crippen molar-refractivity contribution in [2.24, 2.45) is 0 Å². The first-order valence-electron chi connectivity index (χ1n) is 20.1. The van der Waals surface area contributed by atoms with Crippen molar-refractivity contribution in [1.29, 1.82) is 0 Å². The highest BCUT2D eigenvalue weighted by Gasteiger charge is 2.23. The molecule has 3 heteroatoms. The average Bonchev–Trinajstić information content (AvgIpc) is 3.90. The maximum absolute atomic E-state index is 7.00. The summed E-state index contributed by atoms with van der Waals surface area (Å²) in [7, 11) is 0. The molecule has 3 nitrogen and oxygen atoms in total. The molecule has 12 aromatic rings. The summed E-state index contributed by atoms with van der Waals surface area (Å²) in [5.74, 6) is 0. The van der Waals surface area contributed by atoms with E-state index in [1.165, 1.54) is 21.7 Å². The third-order valence-electron chi connectivity index (χ3n) is 11.8. The third-order valence-corrected chi connectivity index (χ3v) is 11.8. The predicted octanol–water partition coefficient (Wildman–Crippen LogP) is 16.3. The van der Waals surface area contributed by atoms with Gasteiger partial charge in [-0.3, -0.25) is 0 Å². The van der Waals surface area contributed by atoms with Gasteiger partial charge in [-0.2, -0.15) is 0 Å². The molecule has 0 amide bonds. The van der Waals surface area contributed by atoms with Crippen molar-refractivity contribution in [1.82, 2.24) is 0 Å². The lowest BCUT2D eigenvalue weighted by Gasteiger charge is -2.27. The Bertz CT molecular complexity index is 3540. The molecule has 59 heavy (non-hydrogen) atoms. The summed E-state index contributed by atoms with van der Waals surface area (Å²) < 4.78 is 13.8. The maximum atomic E-state index is 7.00. The Kier molecular flexibility index (Phi) is 7.54. The van der Waals surface area contributed by atoms with Crippen LogP contribution in [0.4, 0.5) is 17.1 Å². The van der Waals surface area contributed by atoms with Crippen molar-refractivity contribution in [3.63, 3.8) is 0 Å². The fraction of sp³-hybridized carbons (Fsp3) is 0. The molecular weight excluding hydrogens is 719 g/mol. The van der Waals surface area contributed by atoms with Gasteiger partial charge >= 0.3 is 0 Å². The van der Waals surface area contributed by atoms with Gasteiger partial charge in [0.05, 0.1) is 5.69 Å². The van der Waals surface area contributed by atoms with Crippen LogP contribution in [-0.4, -0.2) is 0 Å². The smallest absolute Gasteiger partial charge is 0.160 e. The zero-order chi connectivity index (χ0) is 38.9. The molecule has 2 heterocycles. The van der Waals surface area contributed by atoms with Crippen LogP contribution in [0.3, 0.4) is 0 Å². The van der Waals surface area contributed by atoms with Crippen LogP contribution in [-0.2, 0) is 0 Å². The monoisotopic (exact) mass is 753 g/mol. The minimum absolute atomic E-state index is 0.854. The Labute approximate surface area is 340 Å². The Hall–Kier alpha value is -7.88. The topological polar surface area (TPSA) is 29.5 Å². The molecule has 0 unspecified atom stereocenters. The molecule has 0 saturated carbocycles. The van der Waals surface area contributed by atoms with Gasteiger partial charge in [0.1, 0.15) is 16.7 Å². The molecule has 0 bridgehead atoms. The molecule has 2 aromatic heterocycles. The number of nitrogens with zero attached hydrogens (tertiary/aromatic N) is 1. The largest absolute Gasteiger partial charge is 0.455 e. The third kappa shape index (κ3) is 5.36. The molecular formula is C56H35NO2. The summed E-state index contributed by atoms with van der Waals surface area (Å²) in [4.78, 5) is 2.34. The first kappa shape index (κ1) is 33.3. The molecule has 0 N–H and O–H groups in total. The minimum atomic E-state index is 0.854. The van der Waals surface area contributed by atoms with E-state index in [1.807, 2.05) is 6.07 Å². The fourth-order valence-corrected chi connectivity index (χ4v) is 9.10. The molecule has 12 rings (SSSR count). The number of furan rings is 2. The van der Waals surface area contributed by atoms with Gasteiger partial charge < -0.3 is 13.7 Å². The summed E-state index contributed by atoms with van der Waals surface area (Å²) >= 11 is 0. The van der Waals surface area contributed by atoms with Crippen molar-refractivity contribution in [2.75, 3.05) is 4.90 Å². The summed E-state index contributed by atoms with van der Waals surface area (Å²) in [6.45, 7) is 0. The SMILES string of the molecule is c1ccc(-c2cccc(N(c3ccc(-c4cccc5c4oc4c(-c6ccccc6)cc6ccccc6c45)cc3)c3cc4ccccc4c4c3oc3ccccc34)c2)cc1. The molecule has 0 radical (unpaired) electrons. The normalized spacial score (nSPS) is 11.7. The van der Waals surface area contributed by atoms with Gasteiger partial charge in [-0.25, -0.2) is 0 Å². The molecule has 0 fully saturated rings. The van der Waals surface area contributed by atoms with Crippen molar-refractivity contribution in [3.8, 4) is 33.4 Å². The van der Waals surface area contributed by atoms with Crippen LogP contribution in [0.25, 0.3) is 98.8 Å². The van der Waals surface area contributed by atoms with Gasteiger partial charge in [-0.1, -0.05) is 170 Å². The van der Waals surface area contributed by atoms with Crippen molar-refractivity contribution < 1.29 is 8.83 Å². The van der Waals surface area contributed by atoms with Gasteiger partial charge in [0, 0.05) is 44.0 Å². The second-order valence-corrected chi connectivity index (χ2v) is 15.2.